The summed E-state index contributed by atoms with van der Waals surface area (Å²) in [5.41, 5.74) is -0.207. The Labute approximate surface area is 144 Å². The average molecular weight is 400 g/mol. The molecular weight excluding hydrogens is 388 g/mol. The van der Waals surface area contributed by atoms with Crippen LogP contribution in [0.5, 0.6) is 11.6 Å². The molecule has 1 aromatic heterocycles. The average Bonchev–Trinajstić information content (AvgIpc) is 2.49. The van der Waals surface area contributed by atoms with E-state index >= 15 is 0 Å². The first-order valence-electron chi connectivity index (χ1n) is 6.60. The molecule has 0 N–H and O–H groups in total. The second-order valence-corrected chi connectivity index (χ2v) is 5.75. The molecule has 24 heavy (non-hydrogen) atoms. The smallest absolute Gasteiger partial charge is 0.296 e. The van der Waals surface area contributed by atoms with E-state index in [-0.39, 0.29) is 27.5 Å². The Bertz CT molecular complexity index is 813. The van der Waals surface area contributed by atoms with Crippen LogP contribution in [-0.4, -0.2) is 28.9 Å². The van der Waals surface area contributed by atoms with Crippen LogP contribution in [0.4, 0.5) is 14.5 Å². The highest BCUT2D eigenvalue weighted by Crippen LogP contribution is 2.34. The van der Waals surface area contributed by atoms with Gasteiger partial charge < -0.3 is 9.64 Å². The van der Waals surface area contributed by atoms with Crippen LogP contribution in [0, 0.1) is 21.7 Å². The van der Waals surface area contributed by atoms with Crippen LogP contribution in [0.25, 0.3) is 6.08 Å². The van der Waals surface area contributed by atoms with Gasteiger partial charge in [0.1, 0.15) is 11.5 Å². The maximum Gasteiger partial charge on any atom is 0.296 e. The maximum absolute atomic E-state index is 13.7. The van der Waals surface area contributed by atoms with Crippen molar-refractivity contribution in [1.82, 2.24) is 9.88 Å². The van der Waals surface area contributed by atoms with Gasteiger partial charge in [-0.25, -0.2) is 13.8 Å². The zero-order chi connectivity index (χ0) is 17.9. The van der Waals surface area contributed by atoms with Gasteiger partial charge in [0.15, 0.2) is 11.6 Å². The van der Waals surface area contributed by atoms with Crippen LogP contribution in [-0.2, 0) is 0 Å². The molecule has 6 nitrogen and oxygen atoms in total. The van der Waals surface area contributed by atoms with Gasteiger partial charge in [-0.15, -0.1) is 0 Å². The van der Waals surface area contributed by atoms with E-state index in [1.807, 2.05) is 0 Å². The van der Waals surface area contributed by atoms with Gasteiger partial charge in [0.2, 0.25) is 5.88 Å². The van der Waals surface area contributed by atoms with E-state index in [4.69, 9.17) is 4.74 Å². The normalized spacial score (nSPS) is 10.9. The van der Waals surface area contributed by atoms with Crippen LogP contribution >= 0.6 is 15.9 Å². The van der Waals surface area contributed by atoms with Crippen molar-refractivity contribution >= 4 is 27.7 Å². The van der Waals surface area contributed by atoms with Crippen molar-refractivity contribution in [1.29, 1.82) is 0 Å². The topological polar surface area (TPSA) is 68.5 Å². The lowest BCUT2D eigenvalue weighted by Crippen LogP contribution is -2.02. The summed E-state index contributed by atoms with van der Waals surface area (Å²) >= 11 is 3.10. The Morgan fingerprint density at radius 2 is 2.04 bits per heavy atom. The molecule has 2 aromatic rings. The van der Waals surface area contributed by atoms with Gasteiger partial charge in [-0.05, 0) is 34.1 Å². The molecule has 0 atom stereocenters. The fourth-order valence-electron chi connectivity index (χ4n) is 1.70. The number of benzene rings is 1. The van der Waals surface area contributed by atoms with E-state index in [9.17, 15) is 18.9 Å². The van der Waals surface area contributed by atoms with E-state index < -0.39 is 16.6 Å². The lowest BCUT2D eigenvalue weighted by molar-refractivity contribution is -0.385. The number of hydrogen-bond donors (Lipinski definition) is 0. The molecule has 126 valence electrons. The molecule has 0 radical (unpaired) electrons. The van der Waals surface area contributed by atoms with Gasteiger partial charge in [-0.2, -0.15) is 0 Å². The molecule has 1 aromatic carbocycles. The van der Waals surface area contributed by atoms with Gasteiger partial charge in [-0.1, -0.05) is 0 Å². The van der Waals surface area contributed by atoms with Crippen molar-refractivity contribution < 1.29 is 18.4 Å². The van der Waals surface area contributed by atoms with Gasteiger partial charge in [0.05, 0.1) is 9.40 Å². The summed E-state index contributed by atoms with van der Waals surface area (Å²) < 4.78 is 32.1. The Balaban J connectivity index is 2.46. The Morgan fingerprint density at radius 1 is 1.33 bits per heavy atom. The summed E-state index contributed by atoms with van der Waals surface area (Å²) in [6.07, 6.45) is 3.00. The van der Waals surface area contributed by atoms with Crippen LogP contribution in [0.15, 0.2) is 34.9 Å². The number of aromatic nitrogens is 1. The van der Waals surface area contributed by atoms with E-state index in [1.165, 1.54) is 12.1 Å². The summed E-state index contributed by atoms with van der Waals surface area (Å²) in [5.74, 6) is -1.98. The van der Waals surface area contributed by atoms with Crippen LogP contribution in [0.1, 0.15) is 5.69 Å². The Kier molecular flexibility index (Phi) is 5.45. The number of ether oxygens (including phenoxy) is 1. The lowest BCUT2D eigenvalue weighted by Gasteiger charge is -2.09. The predicted octanol–water partition coefficient (Wildman–Crippen LogP) is 4.36. The number of hydrogen-bond acceptors (Lipinski definition) is 5. The standard InChI is InChI=1S/C15H12BrF2N3O3/c1-20(2)6-5-12-13(21(22)23)8-10(16)15(19-12)24-14-4-3-9(17)7-11(14)18/h3-8H,1-2H3/b6-5+. The first-order valence-corrected chi connectivity index (χ1v) is 7.39. The molecule has 0 bridgehead atoms. The van der Waals surface area contributed by atoms with Crippen molar-refractivity contribution in [3.05, 3.63) is 62.4 Å². The number of nitrogens with zero attached hydrogens (tertiary/aromatic N) is 3. The molecule has 0 aliphatic heterocycles. The first kappa shape index (κ1) is 17.8. The van der Waals surface area contributed by atoms with E-state index in [2.05, 4.69) is 20.9 Å². The molecular formula is C15H12BrF2N3O3. The highest BCUT2D eigenvalue weighted by Gasteiger charge is 2.19. The van der Waals surface area contributed by atoms with Crippen molar-refractivity contribution in [3.63, 3.8) is 0 Å². The summed E-state index contributed by atoms with van der Waals surface area (Å²) in [6.45, 7) is 0. The number of pyridine rings is 1. The van der Waals surface area contributed by atoms with E-state index in [1.54, 1.807) is 25.2 Å². The van der Waals surface area contributed by atoms with Gasteiger partial charge in [0.25, 0.3) is 5.69 Å². The van der Waals surface area contributed by atoms with E-state index in [0.717, 1.165) is 12.1 Å². The molecule has 0 spiro atoms. The highest BCUT2D eigenvalue weighted by atomic mass is 79.9. The number of rotatable bonds is 5. The van der Waals surface area contributed by atoms with Crippen LogP contribution in [0.3, 0.4) is 0 Å². The van der Waals surface area contributed by atoms with Crippen LogP contribution in [0.2, 0.25) is 0 Å². The molecule has 0 aliphatic carbocycles. The zero-order valence-corrected chi connectivity index (χ0v) is 14.3. The third kappa shape index (κ3) is 4.25. The SMILES string of the molecule is CN(C)/C=C/c1nc(Oc2ccc(F)cc2F)c(Br)cc1[N+](=O)[O-]. The fourth-order valence-corrected chi connectivity index (χ4v) is 2.08. The molecule has 0 amide bonds. The van der Waals surface area contributed by atoms with Gasteiger partial charge >= 0.3 is 0 Å². The minimum Gasteiger partial charge on any atom is -0.435 e. The minimum atomic E-state index is -0.910. The Hall–Kier alpha value is -2.55. The Morgan fingerprint density at radius 3 is 2.62 bits per heavy atom. The third-order valence-corrected chi connectivity index (χ3v) is 3.35. The van der Waals surface area contributed by atoms with Crippen molar-refractivity contribution in [2.24, 2.45) is 0 Å². The van der Waals surface area contributed by atoms with Gasteiger partial charge in [0, 0.05) is 32.4 Å². The minimum absolute atomic E-state index is 0.0365. The quantitative estimate of drug-likeness (QED) is 0.551. The fraction of sp³-hybridized carbons (Fsp3) is 0.133. The van der Waals surface area contributed by atoms with Gasteiger partial charge in [-0.3, -0.25) is 10.1 Å². The second kappa shape index (κ2) is 7.35. The zero-order valence-electron chi connectivity index (χ0n) is 12.7. The maximum atomic E-state index is 13.7. The van der Waals surface area contributed by atoms with Crippen molar-refractivity contribution in [2.75, 3.05) is 14.1 Å². The molecule has 0 aliphatic rings. The second-order valence-electron chi connectivity index (χ2n) is 4.89. The molecule has 2 rings (SSSR count). The molecule has 0 saturated heterocycles. The summed E-state index contributed by atoms with van der Waals surface area (Å²) in [7, 11) is 3.49. The highest BCUT2D eigenvalue weighted by molar-refractivity contribution is 9.10. The monoisotopic (exact) mass is 399 g/mol. The van der Waals surface area contributed by atoms with E-state index in [0.29, 0.717) is 6.07 Å². The number of nitro groups is 1. The molecule has 9 heteroatoms. The van der Waals surface area contributed by atoms with Crippen LogP contribution < -0.4 is 4.74 Å². The molecule has 0 fully saturated rings. The molecule has 1 heterocycles. The lowest BCUT2D eigenvalue weighted by atomic mass is 10.3. The summed E-state index contributed by atoms with van der Waals surface area (Å²) in [5, 5.41) is 11.1. The largest absolute Gasteiger partial charge is 0.435 e. The number of halogens is 3. The summed E-state index contributed by atoms with van der Waals surface area (Å²) in [6, 6.07) is 4.01. The first-order chi connectivity index (χ1) is 11.3. The molecule has 0 unspecified atom stereocenters. The third-order valence-electron chi connectivity index (χ3n) is 2.78. The predicted molar refractivity (Wildman–Crippen MR) is 87.7 cm³/mol. The molecule has 0 saturated carbocycles. The van der Waals surface area contributed by atoms with Crippen molar-refractivity contribution in [3.8, 4) is 11.6 Å². The van der Waals surface area contributed by atoms with Crippen molar-refractivity contribution in [2.45, 2.75) is 0 Å². The summed E-state index contributed by atoms with van der Waals surface area (Å²) in [4.78, 5) is 16.3.